The van der Waals surface area contributed by atoms with Crippen molar-refractivity contribution in [2.45, 2.75) is 91.1 Å². The van der Waals surface area contributed by atoms with E-state index in [-0.39, 0.29) is 5.60 Å². The minimum absolute atomic E-state index is 0.376. The molecule has 4 aliphatic carbocycles. The van der Waals surface area contributed by atoms with Crippen molar-refractivity contribution in [1.29, 1.82) is 0 Å². The van der Waals surface area contributed by atoms with Crippen molar-refractivity contribution in [3.05, 3.63) is 0 Å². The van der Waals surface area contributed by atoms with Gasteiger partial charge >= 0.3 is 0 Å². The van der Waals surface area contributed by atoms with Crippen LogP contribution in [0.1, 0.15) is 85.5 Å². The fourth-order valence-electron chi connectivity index (χ4n) is 7.89. The molecule has 0 saturated heterocycles. The van der Waals surface area contributed by atoms with Gasteiger partial charge in [0.1, 0.15) is 0 Å². The molecular formula is C20H34O. The average molecular weight is 290 g/mol. The van der Waals surface area contributed by atoms with E-state index in [9.17, 15) is 5.11 Å². The maximum absolute atomic E-state index is 10.8. The molecule has 1 N–H and O–H groups in total. The van der Waals surface area contributed by atoms with E-state index in [1.807, 2.05) is 0 Å². The molecule has 0 aliphatic heterocycles. The highest BCUT2D eigenvalue weighted by molar-refractivity contribution is 5.17. The van der Waals surface area contributed by atoms with Crippen LogP contribution >= 0.6 is 0 Å². The van der Waals surface area contributed by atoms with Crippen molar-refractivity contribution in [2.75, 3.05) is 0 Å². The Morgan fingerprint density at radius 3 is 2.38 bits per heavy atom. The minimum Gasteiger partial charge on any atom is -0.390 e. The highest BCUT2D eigenvalue weighted by Crippen LogP contribution is 2.75. The van der Waals surface area contributed by atoms with Crippen LogP contribution in [0.4, 0.5) is 0 Å². The second-order valence-electron chi connectivity index (χ2n) is 10.2. The standard InChI is InChI=1S/C20H34O/c1-17(2)8-5-9-18(3)16(17)7-6-14-12-15-13-20(14,18)11-10-19(15,4)21/h14-16,21H,5-13H2,1-4H3/t14-,15-,16+,18-,19-,20+/m0/s1. The molecule has 0 aromatic rings. The van der Waals surface area contributed by atoms with Crippen molar-refractivity contribution < 1.29 is 5.11 Å². The molecule has 120 valence electrons. The van der Waals surface area contributed by atoms with Crippen LogP contribution in [-0.4, -0.2) is 10.7 Å². The van der Waals surface area contributed by atoms with E-state index in [1.165, 1.54) is 51.4 Å². The quantitative estimate of drug-likeness (QED) is 0.652. The van der Waals surface area contributed by atoms with Crippen LogP contribution < -0.4 is 0 Å². The van der Waals surface area contributed by atoms with Crippen LogP contribution in [0.2, 0.25) is 0 Å². The Balaban J connectivity index is 1.77. The molecule has 6 atom stereocenters. The molecule has 4 aliphatic rings. The summed E-state index contributed by atoms with van der Waals surface area (Å²) in [4.78, 5) is 0. The normalized spacial score (nSPS) is 58.4. The van der Waals surface area contributed by atoms with Gasteiger partial charge in [-0.15, -0.1) is 0 Å². The predicted molar refractivity (Wildman–Crippen MR) is 87.0 cm³/mol. The SMILES string of the molecule is CC1(C)CCC[C@@]2(C)[C@@H]1CC[C@H]1C[C@H]3C[C@]12CC[C@]3(C)O. The summed E-state index contributed by atoms with van der Waals surface area (Å²) in [5, 5.41) is 10.8. The van der Waals surface area contributed by atoms with Gasteiger partial charge in [0, 0.05) is 0 Å². The molecule has 0 radical (unpaired) electrons. The molecule has 0 aromatic carbocycles. The fraction of sp³-hybridized carbons (Fsp3) is 1.00. The number of rotatable bonds is 0. The average Bonchev–Trinajstić information content (AvgIpc) is 2.72. The molecule has 0 aromatic heterocycles. The van der Waals surface area contributed by atoms with Gasteiger partial charge < -0.3 is 5.11 Å². The summed E-state index contributed by atoms with van der Waals surface area (Å²) in [5.74, 6) is 2.40. The van der Waals surface area contributed by atoms with Gasteiger partial charge in [0.15, 0.2) is 0 Å². The molecule has 0 amide bonds. The largest absolute Gasteiger partial charge is 0.390 e. The molecule has 1 nitrogen and oxygen atoms in total. The zero-order valence-corrected chi connectivity index (χ0v) is 14.5. The van der Waals surface area contributed by atoms with Crippen molar-refractivity contribution in [3.8, 4) is 0 Å². The summed E-state index contributed by atoms with van der Waals surface area (Å²) in [6, 6.07) is 0. The lowest BCUT2D eigenvalue weighted by Crippen LogP contribution is -2.58. The molecule has 1 heteroatoms. The van der Waals surface area contributed by atoms with Gasteiger partial charge in [-0.1, -0.05) is 27.2 Å². The van der Waals surface area contributed by atoms with E-state index < -0.39 is 0 Å². The number of fused-ring (bicyclic) bond motifs is 2. The maximum Gasteiger partial charge on any atom is 0.0648 e. The van der Waals surface area contributed by atoms with E-state index in [4.69, 9.17) is 0 Å². The van der Waals surface area contributed by atoms with E-state index in [1.54, 1.807) is 0 Å². The highest BCUT2D eigenvalue weighted by Gasteiger charge is 2.68. The van der Waals surface area contributed by atoms with Gasteiger partial charge in [-0.25, -0.2) is 0 Å². The first-order chi connectivity index (χ1) is 9.71. The van der Waals surface area contributed by atoms with Gasteiger partial charge in [0.2, 0.25) is 0 Å². The zero-order valence-electron chi connectivity index (χ0n) is 14.5. The third kappa shape index (κ3) is 1.68. The molecule has 1 spiro atoms. The summed E-state index contributed by atoms with van der Waals surface area (Å²) in [7, 11) is 0. The number of aliphatic hydroxyl groups is 1. The van der Waals surface area contributed by atoms with E-state index in [0.717, 1.165) is 18.3 Å². The zero-order chi connectivity index (χ0) is 15.1. The van der Waals surface area contributed by atoms with Gasteiger partial charge in [-0.2, -0.15) is 0 Å². The minimum atomic E-state index is -0.376. The summed E-state index contributed by atoms with van der Waals surface area (Å²) < 4.78 is 0. The lowest BCUT2D eigenvalue weighted by Gasteiger charge is -2.65. The topological polar surface area (TPSA) is 20.2 Å². The van der Waals surface area contributed by atoms with Crippen LogP contribution in [-0.2, 0) is 0 Å². The van der Waals surface area contributed by atoms with Gasteiger partial charge in [0.25, 0.3) is 0 Å². The molecule has 2 bridgehead atoms. The molecule has 0 heterocycles. The van der Waals surface area contributed by atoms with Gasteiger partial charge in [-0.3, -0.25) is 0 Å². The third-order valence-electron chi connectivity index (χ3n) is 9.09. The first kappa shape index (κ1) is 14.5. The van der Waals surface area contributed by atoms with E-state index in [0.29, 0.717) is 22.2 Å². The van der Waals surface area contributed by atoms with E-state index >= 15 is 0 Å². The summed E-state index contributed by atoms with van der Waals surface area (Å²) in [6.07, 6.45) is 12.2. The summed E-state index contributed by atoms with van der Waals surface area (Å²) >= 11 is 0. The lowest BCUT2D eigenvalue weighted by molar-refractivity contribution is -0.171. The lowest BCUT2D eigenvalue weighted by atomic mass is 9.40. The smallest absolute Gasteiger partial charge is 0.0648 e. The highest BCUT2D eigenvalue weighted by atomic mass is 16.3. The number of hydrogen-bond acceptors (Lipinski definition) is 1. The van der Waals surface area contributed by atoms with Crippen LogP contribution in [0.3, 0.4) is 0 Å². The molecule has 4 saturated carbocycles. The monoisotopic (exact) mass is 290 g/mol. The van der Waals surface area contributed by atoms with E-state index in [2.05, 4.69) is 27.7 Å². The van der Waals surface area contributed by atoms with Gasteiger partial charge in [0.05, 0.1) is 5.60 Å². The fourth-order valence-corrected chi connectivity index (χ4v) is 7.89. The second-order valence-corrected chi connectivity index (χ2v) is 10.2. The summed E-state index contributed by atoms with van der Waals surface area (Å²) in [6.45, 7) is 9.86. The Kier molecular flexibility index (Phi) is 2.82. The predicted octanol–water partition coefficient (Wildman–Crippen LogP) is 5.17. The van der Waals surface area contributed by atoms with Crippen LogP contribution in [0.5, 0.6) is 0 Å². The third-order valence-corrected chi connectivity index (χ3v) is 9.09. The van der Waals surface area contributed by atoms with Crippen molar-refractivity contribution in [1.82, 2.24) is 0 Å². The molecular weight excluding hydrogens is 256 g/mol. The van der Waals surface area contributed by atoms with Crippen LogP contribution in [0.25, 0.3) is 0 Å². The maximum atomic E-state index is 10.8. The molecule has 4 fully saturated rings. The Morgan fingerprint density at radius 1 is 0.857 bits per heavy atom. The molecule has 21 heavy (non-hydrogen) atoms. The van der Waals surface area contributed by atoms with Crippen LogP contribution in [0.15, 0.2) is 0 Å². The van der Waals surface area contributed by atoms with Crippen molar-refractivity contribution in [2.24, 2.45) is 34.0 Å². The molecule has 0 unspecified atom stereocenters. The van der Waals surface area contributed by atoms with Crippen LogP contribution in [0, 0.1) is 34.0 Å². The first-order valence-corrected chi connectivity index (χ1v) is 9.44. The molecule has 4 rings (SSSR count). The second kappa shape index (κ2) is 4.08. The Hall–Kier alpha value is -0.0400. The Bertz CT molecular complexity index is 451. The van der Waals surface area contributed by atoms with Crippen molar-refractivity contribution in [3.63, 3.8) is 0 Å². The Morgan fingerprint density at radius 2 is 1.62 bits per heavy atom. The first-order valence-electron chi connectivity index (χ1n) is 9.44. The Labute approximate surface area is 130 Å². The van der Waals surface area contributed by atoms with Crippen molar-refractivity contribution >= 4 is 0 Å². The summed E-state index contributed by atoms with van der Waals surface area (Å²) in [5.41, 5.74) is 1.27. The number of hydrogen-bond donors (Lipinski definition) is 1. The van der Waals surface area contributed by atoms with Gasteiger partial charge in [-0.05, 0) is 92.3 Å².